The van der Waals surface area contributed by atoms with Gasteiger partial charge in [-0.1, -0.05) is 19.9 Å². The maximum absolute atomic E-state index is 14.6. The highest BCUT2D eigenvalue weighted by molar-refractivity contribution is 6.08. The van der Waals surface area contributed by atoms with Crippen molar-refractivity contribution in [2.75, 3.05) is 23.3 Å². The average Bonchev–Trinajstić information content (AvgIpc) is 3.14. The van der Waals surface area contributed by atoms with Crippen LogP contribution in [0.1, 0.15) is 42.4 Å². The topological polar surface area (TPSA) is 71.0 Å². The molecule has 1 amide bonds. The third kappa shape index (κ3) is 4.64. The van der Waals surface area contributed by atoms with Gasteiger partial charge in [0.25, 0.3) is 11.8 Å². The predicted octanol–water partition coefficient (Wildman–Crippen LogP) is 5.04. The van der Waals surface area contributed by atoms with E-state index >= 15 is 0 Å². The van der Waals surface area contributed by atoms with E-state index in [1.807, 2.05) is 13.8 Å². The summed E-state index contributed by atoms with van der Waals surface area (Å²) in [4.78, 5) is 26.7. The van der Waals surface area contributed by atoms with Gasteiger partial charge in [0.05, 0.1) is 23.4 Å². The van der Waals surface area contributed by atoms with E-state index in [4.69, 9.17) is 0 Å². The van der Waals surface area contributed by atoms with E-state index in [0.29, 0.717) is 5.82 Å². The number of rotatable bonds is 5. The highest BCUT2D eigenvalue weighted by atomic mass is 19.3. The Kier molecular flexibility index (Phi) is 6.01. The number of nitrogens with zero attached hydrogens (tertiary/aromatic N) is 4. The summed E-state index contributed by atoms with van der Waals surface area (Å²) in [7, 11) is 0. The van der Waals surface area contributed by atoms with Crippen LogP contribution in [0.15, 0.2) is 42.9 Å². The number of anilines is 2. The molecule has 10 heteroatoms. The highest BCUT2D eigenvalue weighted by Crippen LogP contribution is 2.40. The lowest BCUT2D eigenvalue weighted by atomic mass is 10.0. The maximum Gasteiger partial charge on any atom is 0.266 e. The van der Waals surface area contributed by atoms with Gasteiger partial charge in [0.15, 0.2) is 5.82 Å². The summed E-state index contributed by atoms with van der Waals surface area (Å²) in [5.41, 5.74) is -0.384. The number of nitrogens with one attached hydrogen (secondary N) is 1. The molecular weight excluding hydrogens is 438 g/mol. The number of amides is 1. The molecule has 1 fully saturated rings. The van der Waals surface area contributed by atoms with E-state index in [1.54, 1.807) is 0 Å². The van der Waals surface area contributed by atoms with Gasteiger partial charge in [0.2, 0.25) is 0 Å². The van der Waals surface area contributed by atoms with Gasteiger partial charge in [-0.25, -0.2) is 32.5 Å². The van der Waals surface area contributed by atoms with E-state index in [-0.39, 0.29) is 35.1 Å². The van der Waals surface area contributed by atoms with Crippen molar-refractivity contribution in [2.45, 2.75) is 32.1 Å². The third-order valence-electron chi connectivity index (χ3n) is 5.32. The van der Waals surface area contributed by atoms with Crippen LogP contribution in [0.2, 0.25) is 0 Å². The van der Waals surface area contributed by atoms with Crippen LogP contribution in [0.5, 0.6) is 0 Å². The first-order valence-electron chi connectivity index (χ1n) is 10.4. The molecule has 3 aromatic rings. The van der Waals surface area contributed by atoms with Crippen LogP contribution in [0, 0.1) is 11.6 Å². The SMILES string of the molecule is CC(C)c1ncc(C(=O)Nc2c(-c3c(F)cccc3F)ccnc2N2CCC(F)(F)C2)cn1. The van der Waals surface area contributed by atoms with Crippen molar-refractivity contribution in [3.8, 4) is 11.1 Å². The van der Waals surface area contributed by atoms with Crippen molar-refractivity contribution in [1.29, 1.82) is 0 Å². The van der Waals surface area contributed by atoms with Crippen molar-refractivity contribution in [1.82, 2.24) is 15.0 Å². The first-order valence-corrected chi connectivity index (χ1v) is 10.4. The molecule has 1 N–H and O–H groups in total. The number of carbonyl (C=O) groups excluding carboxylic acids is 1. The molecule has 1 aromatic carbocycles. The summed E-state index contributed by atoms with van der Waals surface area (Å²) in [6, 6.07) is 4.69. The van der Waals surface area contributed by atoms with Crippen molar-refractivity contribution in [3.05, 3.63) is 65.9 Å². The molecule has 4 rings (SSSR count). The number of aromatic nitrogens is 3. The molecule has 1 aliphatic heterocycles. The number of alkyl halides is 2. The molecule has 0 spiro atoms. The molecule has 1 aliphatic rings. The zero-order valence-electron chi connectivity index (χ0n) is 17.9. The number of hydrogen-bond donors (Lipinski definition) is 1. The molecule has 2 aromatic heterocycles. The Balaban J connectivity index is 1.79. The second kappa shape index (κ2) is 8.76. The second-order valence-electron chi connectivity index (χ2n) is 8.12. The monoisotopic (exact) mass is 459 g/mol. The fourth-order valence-electron chi connectivity index (χ4n) is 3.63. The Morgan fingerprint density at radius 3 is 2.33 bits per heavy atom. The Morgan fingerprint density at radius 1 is 1.09 bits per heavy atom. The Bertz CT molecular complexity index is 1160. The Hall–Kier alpha value is -3.56. The third-order valence-corrected chi connectivity index (χ3v) is 5.32. The zero-order chi connectivity index (χ0) is 23.8. The van der Waals surface area contributed by atoms with E-state index in [9.17, 15) is 22.4 Å². The molecule has 33 heavy (non-hydrogen) atoms. The van der Waals surface area contributed by atoms with Crippen LogP contribution in [0.4, 0.5) is 29.1 Å². The minimum atomic E-state index is -2.94. The van der Waals surface area contributed by atoms with E-state index < -0.39 is 42.0 Å². The Labute approximate surface area is 187 Å². The lowest BCUT2D eigenvalue weighted by Gasteiger charge is -2.23. The smallest absolute Gasteiger partial charge is 0.266 e. The normalized spacial score (nSPS) is 15.2. The standard InChI is InChI=1S/C23H21F4N5O/c1-13(2)20-29-10-14(11-30-20)22(33)31-19-15(18-16(24)4-3-5-17(18)25)6-8-28-21(19)32-9-7-23(26,27)12-32/h3-6,8,10-11,13H,7,9,12H2,1-2H3,(H,31,33). The van der Waals surface area contributed by atoms with Crippen LogP contribution in [0.3, 0.4) is 0 Å². The average molecular weight is 459 g/mol. The lowest BCUT2D eigenvalue weighted by molar-refractivity contribution is 0.0257. The summed E-state index contributed by atoms with van der Waals surface area (Å²) in [6.07, 6.45) is 3.54. The van der Waals surface area contributed by atoms with Gasteiger partial charge in [0.1, 0.15) is 17.5 Å². The molecule has 3 heterocycles. The van der Waals surface area contributed by atoms with Crippen molar-refractivity contribution in [2.24, 2.45) is 0 Å². The second-order valence-corrected chi connectivity index (χ2v) is 8.12. The minimum Gasteiger partial charge on any atom is -0.349 e. The summed E-state index contributed by atoms with van der Waals surface area (Å²) in [6.45, 7) is 3.15. The van der Waals surface area contributed by atoms with Crippen LogP contribution in [0.25, 0.3) is 11.1 Å². The predicted molar refractivity (Wildman–Crippen MR) is 115 cm³/mol. The van der Waals surface area contributed by atoms with Crippen molar-refractivity contribution < 1.29 is 22.4 Å². The summed E-state index contributed by atoms with van der Waals surface area (Å²) >= 11 is 0. The van der Waals surface area contributed by atoms with Gasteiger partial charge in [-0.3, -0.25) is 4.79 Å². The number of benzene rings is 1. The van der Waals surface area contributed by atoms with Crippen LogP contribution < -0.4 is 10.2 Å². The zero-order valence-corrected chi connectivity index (χ0v) is 17.9. The molecular formula is C23H21F4N5O. The molecule has 6 nitrogen and oxygen atoms in total. The molecule has 0 unspecified atom stereocenters. The van der Waals surface area contributed by atoms with Gasteiger partial charge < -0.3 is 10.2 Å². The van der Waals surface area contributed by atoms with E-state index in [2.05, 4.69) is 20.3 Å². The summed E-state index contributed by atoms with van der Waals surface area (Å²) < 4.78 is 57.0. The Morgan fingerprint density at radius 2 is 1.76 bits per heavy atom. The minimum absolute atomic E-state index is 0.000368. The first kappa shape index (κ1) is 22.6. The van der Waals surface area contributed by atoms with Crippen LogP contribution in [-0.2, 0) is 0 Å². The molecule has 172 valence electrons. The van der Waals surface area contributed by atoms with Crippen molar-refractivity contribution >= 4 is 17.4 Å². The van der Waals surface area contributed by atoms with E-state index in [0.717, 1.165) is 12.1 Å². The van der Waals surface area contributed by atoms with Gasteiger partial charge in [0, 0.05) is 43.0 Å². The molecule has 0 atom stereocenters. The molecule has 0 radical (unpaired) electrons. The highest BCUT2D eigenvalue weighted by Gasteiger charge is 2.40. The van der Waals surface area contributed by atoms with Gasteiger partial charge >= 0.3 is 0 Å². The number of hydrogen-bond acceptors (Lipinski definition) is 5. The van der Waals surface area contributed by atoms with Crippen molar-refractivity contribution in [3.63, 3.8) is 0 Å². The fourth-order valence-corrected chi connectivity index (χ4v) is 3.63. The molecule has 0 saturated carbocycles. The van der Waals surface area contributed by atoms with E-state index in [1.165, 1.54) is 35.6 Å². The first-order chi connectivity index (χ1) is 15.7. The largest absolute Gasteiger partial charge is 0.349 e. The number of halogens is 4. The van der Waals surface area contributed by atoms with Crippen LogP contribution >= 0.6 is 0 Å². The molecule has 0 bridgehead atoms. The maximum atomic E-state index is 14.6. The quantitative estimate of drug-likeness (QED) is 0.542. The van der Waals surface area contributed by atoms with Gasteiger partial charge in [-0.2, -0.15) is 0 Å². The molecule has 1 saturated heterocycles. The van der Waals surface area contributed by atoms with Crippen LogP contribution in [-0.4, -0.2) is 39.9 Å². The summed E-state index contributed by atoms with van der Waals surface area (Å²) in [5, 5.41) is 2.60. The van der Waals surface area contributed by atoms with Gasteiger partial charge in [-0.15, -0.1) is 0 Å². The number of carbonyl (C=O) groups is 1. The number of pyridine rings is 1. The van der Waals surface area contributed by atoms with Gasteiger partial charge in [-0.05, 0) is 18.2 Å². The fraction of sp³-hybridized carbons (Fsp3) is 0.304. The summed E-state index contributed by atoms with van der Waals surface area (Å²) in [5.74, 6) is -4.73. The molecule has 0 aliphatic carbocycles. The lowest BCUT2D eigenvalue weighted by Crippen LogP contribution is -2.27.